The SMILES string of the molecule is Cc1cc(C)c(OS(=O)(=O)c2ccc(C#N)c(Cl)c2)c(C)c1. The minimum atomic E-state index is -4.01. The van der Waals surface area contributed by atoms with Gasteiger partial charge in [0.05, 0.1) is 10.6 Å². The molecular weight excluding hydrogens is 322 g/mol. The number of benzene rings is 2. The van der Waals surface area contributed by atoms with Crippen LogP contribution in [0, 0.1) is 32.1 Å². The Labute approximate surface area is 135 Å². The summed E-state index contributed by atoms with van der Waals surface area (Å²) in [6, 6.07) is 9.46. The lowest BCUT2D eigenvalue weighted by molar-refractivity contribution is 0.482. The van der Waals surface area contributed by atoms with E-state index in [1.807, 2.05) is 25.1 Å². The third-order valence-corrected chi connectivity index (χ3v) is 4.68. The van der Waals surface area contributed by atoms with Gasteiger partial charge >= 0.3 is 10.1 Å². The molecule has 0 saturated heterocycles. The second-order valence-electron chi connectivity index (χ2n) is 5.02. The highest BCUT2D eigenvalue weighted by Crippen LogP contribution is 2.29. The molecule has 0 bridgehead atoms. The third-order valence-electron chi connectivity index (χ3n) is 3.15. The van der Waals surface area contributed by atoms with Gasteiger partial charge in [-0.05, 0) is 50.1 Å². The zero-order valence-electron chi connectivity index (χ0n) is 12.3. The monoisotopic (exact) mass is 335 g/mol. The molecule has 4 nitrogen and oxygen atoms in total. The lowest BCUT2D eigenvalue weighted by atomic mass is 10.1. The molecule has 0 fully saturated rings. The van der Waals surface area contributed by atoms with Gasteiger partial charge in [0.2, 0.25) is 0 Å². The predicted molar refractivity (Wildman–Crippen MR) is 84.6 cm³/mol. The molecule has 0 aliphatic carbocycles. The van der Waals surface area contributed by atoms with E-state index < -0.39 is 10.1 Å². The summed E-state index contributed by atoms with van der Waals surface area (Å²) in [5.74, 6) is 0.311. The number of hydrogen-bond donors (Lipinski definition) is 0. The second-order valence-corrected chi connectivity index (χ2v) is 6.97. The number of aryl methyl sites for hydroxylation is 3. The Hall–Kier alpha value is -2.03. The van der Waals surface area contributed by atoms with E-state index in [0.717, 1.165) is 16.7 Å². The topological polar surface area (TPSA) is 67.2 Å². The van der Waals surface area contributed by atoms with Gasteiger partial charge in [-0.25, -0.2) is 0 Å². The second kappa shape index (κ2) is 5.99. The molecule has 22 heavy (non-hydrogen) atoms. The maximum atomic E-state index is 12.4. The van der Waals surface area contributed by atoms with E-state index in [4.69, 9.17) is 21.0 Å². The summed E-state index contributed by atoms with van der Waals surface area (Å²) in [5.41, 5.74) is 2.71. The Kier molecular flexibility index (Phi) is 4.45. The standard InChI is InChI=1S/C16H14ClNO3S/c1-10-6-11(2)16(12(3)7-10)21-22(19,20)14-5-4-13(9-18)15(17)8-14/h4-8H,1-3H3. The van der Waals surface area contributed by atoms with Crippen LogP contribution in [0.15, 0.2) is 35.2 Å². The molecule has 0 atom stereocenters. The first-order chi connectivity index (χ1) is 10.2. The van der Waals surface area contributed by atoms with Crippen molar-refractivity contribution in [2.24, 2.45) is 0 Å². The van der Waals surface area contributed by atoms with Crippen molar-refractivity contribution < 1.29 is 12.6 Å². The fourth-order valence-electron chi connectivity index (χ4n) is 2.20. The predicted octanol–water partition coefficient (Wildman–Crippen LogP) is 3.90. The Bertz CT molecular complexity index is 860. The van der Waals surface area contributed by atoms with E-state index >= 15 is 0 Å². The maximum Gasteiger partial charge on any atom is 0.339 e. The van der Waals surface area contributed by atoms with Crippen molar-refractivity contribution in [1.29, 1.82) is 5.26 Å². The zero-order chi connectivity index (χ0) is 16.5. The zero-order valence-corrected chi connectivity index (χ0v) is 13.9. The molecule has 0 saturated carbocycles. The van der Waals surface area contributed by atoms with Crippen LogP contribution in [0.4, 0.5) is 0 Å². The van der Waals surface area contributed by atoms with Crippen LogP contribution in [0.3, 0.4) is 0 Å². The highest BCUT2D eigenvalue weighted by Gasteiger charge is 2.20. The molecule has 2 aromatic carbocycles. The Morgan fingerprint density at radius 2 is 1.68 bits per heavy atom. The maximum absolute atomic E-state index is 12.4. The minimum absolute atomic E-state index is 0.0736. The molecular formula is C16H14ClNO3S. The van der Waals surface area contributed by atoms with Gasteiger partial charge in [0, 0.05) is 0 Å². The van der Waals surface area contributed by atoms with Crippen molar-refractivity contribution in [2.75, 3.05) is 0 Å². The van der Waals surface area contributed by atoms with E-state index in [2.05, 4.69) is 0 Å². The highest BCUT2D eigenvalue weighted by molar-refractivity contribution is 7.87. The molecule has 0 unspecified atom stereocenters. The van der Waals surface area contributed by atoms with Gasteiger partial charge < -0.3 is 4.18 Å². The van der Waals surface area contributed by atoms with Crippen LogP contribution in [0.25, 0.3) is 0 Å². The number of nitriles is 1. The summed E-state index contributed by atoms with van der Waals surface area (Å²) >= 11 is 5.88. The summed E-state index contributed by atoms with van der Waals surface area (Å²) in [6.07, 6.45) is 0. The van der Waals surface area contributed by atoms with Gasteiger partial charge in [-0.3, -0.25) is 0 Å². The number of nitrogens with zero attached hydrogens (tertiary/aromatic N) is 1. The molecule has 0 spiro atoms. The lowest BCUT2D eigenvalue weighted by Crippen LogP contribution is -2.11. The summed E-state index contributed by atoms with van der Waals surface area (Å²) in [4.78, 5) is -0.0872. The van der Waals surface area contributed by atoms with Crippen LogP contribution < -0.4 is 4.18 Å². The normalized spacial score (nSPS) is 11.0. The summed E-state index contributed by atoms with van der Waals surface area (Å²) < 4.78 is 30.0. The van der Waals surface area contributed by atoms with E-state index in [-0.39, 0.29) is 15.5 Å². The number of hydrogen-bond acceptors (Lipinski definition) is 4. The fourth-order valence-corrected chi connectivity index (χ4v) is 3.56. The van der Waals surface area contributed by atoms with Gasteiger partial charge in [0.25, 0.3) is 0 Å². The third kappa shape index (κ3) is 3.24. The molecule has 0 aliphatic heterocycles. The summed E-state index contributed by atoms with van der Waals surface area (Å²) in [7, 11) is -4.01. The van der Waals surface area contributed by atoms with Crippen LogP contribution >= 0.6 is 11.6 Å². The van der Waals surface area contributed by atoms with Crippen LogP contribution in [0.2, 0.25) is 5.02 Å². The van der Waals surface area contributed by atoms with Gasteiger partial charge in [0.1, 0.15) is 16.7 Å². The molecule has 0 N–H and O–H groups in total. The lowest BCUT2D eigenvalue weighted by Gasteiger charge is -2.13. The molecule has 0 radical (unpaired) electrons. The van der Waals surface area contributed by atoms with Crippen molar-refractivity contribution in [3.63, 3.8) is 0 Å². The minimum Gasteiger partial charge on any atom is -0.378 e. The molecule has 114 valence electrons. The smallest absolute Gasteiger partial charge is 0.339 e. The molecule has 2 aromatic rings. The number of rotatable bonds is 3. The first-order valence-corrected chi connectivity index (χ1v) is 8.25. The average molecular weight is 336 g/mol. The average Bonchev–Trinajstić information content (AvgIpc) is 2.42. The highest BCUT2D eigenvalue weighted by atomic mass is 35.5. The van der Waals surface area contributed by atoms with Crippen LogP contribution in [0.1, 0.15) is 22.3 Å². The van der Waals surface area contributed by atoms with E-state index in [1.54, 1.807) is 13.8 Å². The van der Waals surface area contributed by atoms with Crippen molar-refractivity contribution in [1.82, 2.24) is 0 Å². The Balaban J connectivity index is 2.45. The van der Waals surface area contributed by atoms with Gasteiger partial charge in [0.15, 0.2) is 0 Å². The van der Waals surface area contributed by atoms with Crippen LogP contribution in [-0.2, 0) is 10.1 Å². The number of halogens is 1. The largest absolute Gasteiger partial charge is 0.378 e. The molecule has 0 amide bonds. The van der Waals surface area contributed by atoms with Crippen molar-refractivity contribution in [3.8, 4) is 11.8 Å². The first kappa shape index (κ1) is 16.3. The van der Waals surface area contributed by atoms with Crippen molar-refractivity contribution >= 4 is 21.7 Å². The van der Waals surface area contributed by atoms with Crippen molar-refractivity contribution in [3.05, 3.63) is 57.6 Å². The molecule has 2 rings (SSSR count). The van der Waals surface area contributed by atoms with Crippen LogP contribution in [0.5, 0.6) is 5.75 Å². The molecule has 0 aliphatic rings. The van der Waals surface area contributed by atoms with E-state index in [1.165, 1.54) is 18.2 Å². The van der Waals surface area contributed by atoms with Gasteiger partial charge in [-0.15, -0.1) is 0 Å². The van der Waals surface area contributed by atoms with Gasteiger partial charge in [-0.1, -0.05) is 29.3 Å². The van der Waals surface area contributed by atoms with Crippen molar-refractivity contribution in [2.45, 2.75) is 25.7 Å². The van der Waals surface area contributed by atoms with E-state index in [9.17, 15) is 8.42 Å². The molecule has 0 aromatic heterocycles. The molecule has 6 heteroatoms. The molecule has 0 heterocycles. The first-order valence-electron chi connectivity index (χ1n) is 6.46. The summed E-state index contributed by atoms with van der Waals surface area (Å²) in [6.45, 7) is 5.51. The fraction of sp³-hybridized carbons (Fsp3) is 0.188. The quantitative estimate of drug-likeness (QED) is 0.798. The summed E-state index contributed by atoms with van der Waals surface area (Å²) in [5, 5.41) is 8.90. The Morgan fingerprint density at radius 1 is 1.09 bits per heavy atom. The van der Waals surface area contributed by atoms with Gasteiger partial charge in [-0.2, -0.15) is 13.7 Å². The van der Waals surface area contributed by atoms with E-state index in [0.29, 0.717) is 5.75 Å². The Morgan fingerprint density at radius 3 is 2.18 bits per heavy atom. The van der Waals surface area contributed by atoms with Crippen LogP contribution in [-0.4, -0.2) is 8.42 Å².